The molecular weight excluding hydrogens is 271 g/mol. The third kappa shape index (κ3) is 4.78. The van der Waals surface area contributed by atoms with E-state index >= 15 is 0 Å². The van der Waals surface area contributed by atoms with Crippen LogP contribution in [0.15, 0.2) is 23.1 Å². The third-order valence-corrected chi connectivity index (χ3v) is 3.34. The molecule has 0 fully saturated rings. The average Bonchev–Trinajstić information content (AvgIpc) is 2.37. The summed E-state index contributed by atoms with van der Waals surface area (Å²) >= 11 is 1.23. The van der Waals surface area contributed by atoms with Gasteiger partial charge in [-0.15, -0.1) is 11.8 Å². The molecule has 0 saturated heterocycles. The molecule has 0 bridgehead atoms. The second kappa shape index (κ2) is 6.98. The Labute approximate surface area is 114 Å². The van der Waals surface area contributed by atoms with E-state index in [1.807, 2.05) is 0 Å². The van der Waals surface area contributed by atoms with Gasteiger partial charge in [-0.3, -0.25) is 4.79 Å². The smallest absolute Gasteiger partial charge is 0.329 e. The molecule has 3 N–H and O–H groups in total. The Morgan fingerprint density at radius 2 is 2.21 bits per heavy atom. The zero-order valence-electron chi connectivity index (χ0n) is 10.6. The van der Waals surface area contributed by atoms with Crippen LogP contribution >= 0.6 is 11.8 Å². The number of esters is 1. The van der Waals surface area contributed by atoms with Crippen molar-refractivity contribution in [3.8, 4) is 0 Å². The number of ether oxygens (including phenoxy) is 1. The molecule has 1 atom stereocenters. The summed E-state index contributed by atoms with van der Waals surface area (Å²) in [5.74, 6) is -1.15. The molecule has 0 saturated carbocycles. The van der Waals surface area contributed by atoms with Crippen LogP contribution in [0.3, 0.4) is 0 Å². The number of halogens is 1. The van der Waals surface area contributed by atoms with E-state index in [1.165, 1.54) is 37.9 Å². The largest absolute Gasteiger partial charge is 0.467 e. The normalized spacial score (nSPS) is 11.7. The first-order valence-electron chi connectivity index (χ1n) is 5.46. The number of thioether (sulfide) groups is 1. The van der Waals surface area contributed by atoms with Crippen LogP contribution < -0.4 is 11.1 Å². The fourth-order valence-corrected chi connectivity index (χ4v) is 2.26. The van der Waals surface area contributed by atoms with Crippen molar-refractivity contribution in [2.45, 2.75) is 17.9 Å². The standard InChI is InChI=1S/C12H15FN2O3S/c1-7(16)15-11(12(17)18-2)6-19-8-3-4-10(14)9(13)5-8/h3-5,11H,6,14H2,1-2H3,(H,15,16). The Morgan fingerprint density at radius 3 is 2.74 bits per heavy atom. The molecule has 0 aliphatic carbocycles. The molecule has 1 aromatic rings. The number of amides is 1. The number of benzene rings is 1. The first-order valence-corrected chi connectivity index (χ1v) is 6.45. The zero-order valence-corrected chi connectivity index (χ0v) is 11.4. The van der Waals surface area contributed by atoms with Gasteiger partial charge < -0.3 is 15.8 Å². The van der Waals surface area contributed by atoms with Crippen molar-refractivity contribution in [1.29, 1.82) is 0 Å². The maximum Gasteiger partial charge on any atom is 0.329 e. The fourth-order valence-electron chi connectivity index (χ4n) is 1.33. The number of rotatable bonds is 5. The lowest BCUT2D eigenvalue weighted by Gasteiger charge is -2.15. The Morgan fingerprint density at radius 1 is 1.53 bits per heavy atom. The number of hydrogen-bond donors (Lipinski definition) is 2. The van der Waals surface area contributed by atoms with Crippen molar-refractivity contribution in [2.75, 3.05) is 18.6 Å². The van der Waals surface area contributed by atoms with Gasteiger partial charge in [-0.1, -0.05) is 0 Å². The van der Waals surface area contributed by atoms with Gasteiger partial charge in [-0.2, -0.15) is 0 Å². The van der Waals surface area contributed by atoms with Gasteiger partial charge in [0.15, 0.2) is 0 Å². The molecule has 104 valence electrons. The summed E-state index contributed by atoms with van der Waals surface area (Å²) in [5.41, 5.74) is 5.43. The molecule has 7 heteroatoms. The van der Waals surface area contributed by atoms with Gasteiger partial charge in [-0.05, 0) is 18.2 Å². The molecule has 1 aromatic carbocycles. The average molecular weight is 286 g/mol. The van der Waals surface area contributed by atoms with Crippen molar-refractivity contribution >= 4 is 29.3 Å². The second-order valence-corrected chi connectivity index (χ2v) is 4.86. The van der Waals surface area contributed by atoms with E-state index in [2.05, 4.69) is 10.1 Å². The fraction of sp³-hybridized carbons (Fsp3) is 0.333. The van der Waals surface area contributed by atoms with Crippen LogP contribution in [0.25, 0.3) is 0 Å². The molecule has 0 aliphatic rings. The van der Waals surface area contributed by atoms with E-state index in [4.69, 9.17) is 5.73 Å². The van der Waals surface area contributed by atoms with Crippen LogP contribution in [0.5, 0.6) is 0 Å². The molecule has 0 radical (unpaired) electrons. The van der Waals surface area contributed by atoms with Gasteiger partial charge in [0.2, 0.25) is 5.91 Å². The highest BCUT2D eigenvalue weighted by molar-refractivity contribution is 7.99. The van der Waals surface area contributed by atoms with Gasteiger partial charge in [0, 0.05) is 17.6 Å². The second-order valence-electron chi connectivity index (χ2n) is 3.77. The van der Waals surface area contributed by atoms with Crippen molar-refractivity contribution in [3.05, 3.63) is 24.0 Å². The van der Waals surface area contributed by atoms with E-state index in [1.54, 1.807) is 6.07 Å². The van der Waals surface area contributed by atoms with E-state index in [9.17, 15) is 14.0 Å². The summed E-state index contributed by atoms with van der Waals surface area (Å²) in [6, 6.07) is 3.60. The monoisotopic (exact) mass is 286 g/mol. The lowest BCUT2D eigenvalue weighted by atomic mass is 10.3. The van der Waals surface area contributed by atoms with Crippen LogP contribution in [0, 0.1) is 5.82 Å². The van der Waals surface area contributed by atoms with E-state index in [0.29, 0.717) is 4.90 Å². The lowest BCUT2D eigenvalue weighted by Crippen LogP contribution is -2.42. The number of nitrogens with two attached hydrogens (primary N) is 1. The minimum atomic E-state index is -0.770. The van der Waals surface area contributed by atoms with E-state index < -0.39 is 17.8 Å². The SMILES string of the molecule is COC(=O)C(CSc1ccc(N)c(F)c1)NC(C)=O. The van der Waals surface area contributed by atoms with Crippen LogP contribution in [0.2, 0.25) is 0 Å². The number of nitrogens with one attached hydrogen (secondary N) is 1. The Hall–Kier alpha value is -1.76. The van der Waals surface area contributed by atoms with Gasteiger partial charge in [0.05, 0.1) is 12.8 Å². The first kappa shape index (κ1) is 15.3. The highest BCUT2D eigenvalue weighted by Crippen LogP contribution is 2.22. The predicted molar refractivity (Wildman–Crippen MR) is 71.2 cm³/mol. The maximum atomic E-state index is 13.2. The van der Waals surface area contributed by atoms with Gasteiger partial charge in [0.1, 0.15) is 11.9 Å². The first-order chi connectivity index (χ1) is 8.93. The molecule has 19 heavy (non-hydrogen) atoms. The highest BCUT2D eigenvalue weighted by Gasteiger charge is 2.20. The minimum Gasteiger partial charge on any atom is -0.467 e. The summed E-state index contributed by atoms with van der Waals surface area (Å²) in [6.45, 7) is 1.31. The molecule has 5 nitrogen and oxygen atoms in total. The number of carbonyl (C=O) groups excluding carboxylic acids is 2. The summed E-state index contributed by atoms with van der Waals surface area (Å²) in [5, 5.41) is 2.47. The molecule has 0 heterocycles. The minimum absolute atomic E-state index is 0.0655. The molecule has 1 amide bonds. The van der Waals surface area contributed by atoms with E-state index in [0.717, 1.165) is 0 Å². The summed E-state index contributed by atoms with van der Waals surface area (Å²) in [4.78, 5) is 23.0. The number of hydrogen-bond acceptors (Lipinski definition) is 5. The Balaban J connectivity index is 2.67. The third-order valence-electron chi connectivity index (χ3n) is 2.25. The lowest BCUT2D eigenvalue weighted by molar-refractivity contribution is -0.144. The molecule has 0 spiro atoms. The number of anilines is 1. The predicted octanol–water partition coefficient (Wildman–Crippen LogP) is 1.18. The quantitative estimate of drug-likeness (QED) is 0.482. The zero-order chi connectivity index (χ0) is 14.4. The molecule has 1 rings (SSSR count). The molecule has 0 aromatic heterocycles. The van der Waals surface area contributed by atoms with Crippen LogP contribution in [0.4, 0.5) is 10.1 Å². The summed E-state index contributed by atoms with van der Waals surface area (Å²) in [7, 11) is 1.24. The van der Waals surface area contributed by atoms with Gasteiger partial charge in [0.25, 0.3) is 0 Å². The highest BCUT2D eigenvalue weighted by atomic mass is 32.2. The molecule has 0 aliphatic heterocycles. The van der Waals surface area contributed by atoms with Crippen molar-refractivity contribution in [2.24, 2.45) is 0 Å². The molecular formula is C12H15FN2O3S. The van der Waals surface area contributed by atoms with Crippen LogP contribution in [-0.4, -0.2) is 30.8 Å². The summed E-state index contributed by atoms with van der Waals surface area (Å²) < 4.78 is 17.8. The van der Waals surface area contributed by atoms with Crippen molar-refractivity contribution < 1.29 is 18.7 Å². The Bertz CT molecular complexity index is 482. The topological polar surface area (TPSA) is 81.4 Å². The number of methoxy groups -OCH3 is 1. The van der Waals surface area contributed by atoms with Gasteiger partial charge in [-0.25, -0.2) is 9.18 Å². The summed E-state index contributed by atoms with van der Waals surface area (Å²) in [6.07, 6.45) is 0. The van der Waals surface area contributed by atoms with Gasteiger partial charge >= 0.3 is 5.97 Å². The maximum absolute atomic E-state index is 13.2. The van der Waals surface area contributed by atoms with Crippen LogP contribution in [0.1, 0.15) is 6.92 Å². The molecule has 1 unspecified atom stereocenters. The van der Waals surface area contributed by atoms with E-state index in [-0.39, 0.29) is 17.3 Å². The Kier molecular flexibility index (Phi) is 5.62. The van der Waals surface area contributed by atoms with Crippen molar-refractivity contribution in [3.63, 3.8) is 0 Å². The number of nitrogen functional groups attached to an aromatic ring is 1. The number of carbonyl (C=O) groups is 2. The van der Waals surface area contributed by atoms with Crippen molar-refractivity contribution in [1.82, 2.24) is 5.32 Å². The van der Waals surface area contributed by atoms with Crippen LogP contribution in [-0.2, 0) is 14.3 Å².